The van der Waals surface area contributed by atoms with Gasteiger partial charge in [0.25, 0.3) is 0 Å². The number of benzene rings is 1. The first-order valence-corrected chi connectivity index (χ1v) is 7.28. The molecule has 0 saturated heterocycles. The Bertz CT molecular complexity index is 593. The molecular weight excluding hydrogens is 356 g/mol. The second-order valence-corrected chi connectivity index (χ2v) is 5.40. The van der Waals surface area contributed by atoms with Crippen LogP contribution in [0, 0.1) is 6.92 Å². The summed E-state index contributed by atoms with van der Waals surface area (Å²) in [5, 5.41) is 0.482. The number of alkyl halides is 4. The molecule has 0 saturated carbocycles. The van der Waals surface area contributed by atoms with Gasteiger partial charge in [-0.25, -0.2) is 8.78 Å². The second kappa shape index (κ2) is 8.86. The average molecular weight is 371 g/mol. The van der Waals surface area contributed by atoms with Crippen molar-refractivity contribution in [2.45, 2.75) is 38.5 Å². The molecule has 1 rings (SSSR count). The first-order chi connectivity index (χ1) is 11.1. The molecule has 0 aromatic heterocycles. The number of halogens is 5. The molecule has 0 unspecified atom stereocenters. The molecule has 0 radical (unpaired) electrons. The third-order valence-corrected chi connectivity index (χ3v) is 3.10. The number of esters is 2. The van der Waals surface area contributed by atoms with E-state index in [1.807, 2.05) is 0 Å². The third kappa shape index (κ3) is 6.74. The first-order valence-electron chi connectivity index (χ1n) is 6.90. The highest BCUT2D eigenvalue weighted by Crippen LogP contribution is 2.24. The highest BCUT2D eigenvalue weighted by atomic mass is 35.5. The molecule has 0 amide bonds. The summed E-state index contributed by atoms with van der Waals surface area (Å²) in [4.78, 5) is 22.8. The lowest BCUT2D eigenvalue weighted by atomic mass is 10.2. The van der Waals surface area contributed by atoms with E-state index in [4.69, 9.17) is 16.3 Å². The maximum Gasteiger partial charge on any atom is 0.340 e. The fraction of sp³-hybridized carbons (Fsp3) is 0.467. The van der Waals surface area contributed by atoms with Crippen molar-refractivity contribution in [1.29, 1.82) is 0 Å². The fourth-order valence-electron chi connectivity index (χ4n) is 1.59. The van der Waals surface area contributed by atoms with Crippen LogP contribution < -0.4 is 4.74 Å². The van der Waals surface area contributed by atoms with Gasteiger partial charge in [-0.1, -0.05) is 11.6 Å². The maximum atomic E-state index is 12.6. The Kier molecular flexibility index (Phi) is 7.47. The van der Waals surface area contributed by atoms with Crippen LogP contribution in [0.3, 0.4) is 0 Å². The Hall–Kier alpha value is -1.83. The molecule has 0 N–H and O–H groups in total. The van der Waals surface area contributed by atoms with Crippen LogP contribution in [0.2, 0.25) is 5.02 Å². The second-order valence-electron chi connectivity index (χ2n) is 4.96. The van der Waals surface area contributed by atoms with E-state index < -0.39 is 30.9 Å². The molecule has 0 aliphatic heterocycles. The number of carbonyl (C=O) groups excluding carboxylic acids is 2. The zero-order valence-electron chi connectivity index (χ0n) is 12.7. The van der Waals surface area contributed by atoms with E-state index in [-0.39, 0.29) is 19.3 Å². The average Bonchev–Trinajstić information content (AvgIpc) is 2.48. The zero-order chi connectivity index (χ0) is 18.3. The van der Waals surface area contributed by atoms with Gasteiger partial charge in [-0.05, 0) is 37.1 Å². The summed E-state index contributed by atoms with van der Waals surface area (Å²) in [5.41, 5.74) is 0.643. The van der Waals surface area contributed by atoms with E-state index in [1.165, 1.54) is 12.1 Å². The van der Waals surface area contributed by atoms with Gasteiger partial charge >= 0.3 is 24.3 Å². The van der Waals surface area contributed by atoms with E-state index in [9.17, 15) is 27.2 Å². The first kappa shape index (κ1) is 20.2. The molecular formula is C15H15ClF4O4. The van der Waals surface area contributed by atoms with Crippen molar-refractivity contribution in [1.82, 2.24) is 0 Å². The van der Waals surface area contributed by atoms with Gasteiger partial charge in [-0.2, -0.15) is 8.78 Å². The summed E-state index contributed by atoms with van der Waals surface area (Å²) in [7, 11) is 0. The maximum absolute atomic E-state index is 12.6. The molecule has 4 nitrogen and oxygen atoms in total. The quantitative estimate of drug-likeness (QED) is 0.391. The van der Waals surface area contributed by atoms with Crippen LogP contribution in [0.25, 0.3) is 0 Å². The lowest BCUT2D eigenvalue weighted by molar-refractivity contribution is -0.179. The lowest BCUT2D eigenvalue weighted by Gasteiger charge is -2.14. The standard InChI is InChI=1S/C15H15ClF4O4/c1-9-7-10(16)5-6-11(9)24-13(22)4-2-3-12(21)23-8-15(19,20)14(17)18/h5-7,14H,2-4,8H2,1H3. The van der Waals surface area contributed by atoms with E-state index in [1.54, 1.807) is 13.0 Å². The fourth-order valence-corrected chi connectivity index (χ4v) is 1.82. The summed E-state index contributed by atoms with van der Waals surface area (Å²) < 4.78 is 58.0. The highest BCUT2D eigenvalue weighted by molar-refractivity contribution is 6.30. The van der Waals surface area contributed by atoms with E-state index in [0.717, 1.165) is 0 Å². The Labute approximate surface area is 140 Å². The Morgan fingerprint density at radius 2 is 1.83 bits per heavy atom. The number of carbonyl (C=O) groups is 2. The van der Waals surface area contributed by atoms with Crippen LogP contribution in [0.1, 0.15) is 24.8 Å². The molecule has 9 heteroatoms. The van der Waals surface area contributed by atoms with Crippen molar-refractivity contribution >= 4 is 23.5 Å². The van der Waals surface area contributed by atoms with Crippen molar-refractivity contribution < 1.29 is 36.6 Å². The molecule has 0 aliphatic rings. The number of ether oxygens (including phenoxy) is 2. The van der Waals surface area contributed by atoms with Crippen LogP contribution in [0.5, 0.6) is 5.75 Å². The molecule has 0 fully saturated rings. The summed E-state index contributed by atoms with van der Waals surface area (Å²) >= 11 is 5.76. The third-order valence-electron chi connectivity index (χ3n) is 2.87. The van der Waals surface area contributed by atoms with Crippen LogP contribution in [0.15, 0.2) is 18.2 Å². The van der Waals surface area contributed by atoms with Gasteiger partial charge in [-0.3, -0.25) is 9.59 Å². The zero-order valence-corrected chi connectivity index (χ0v) is 13.4. The number of hydrogen-bond acceptors (Lipinski definition) is 4. The molecule has 1 aromatic rings. The molecule has 134 valence electrons. The molecule has 0 atom stereocenters. The van der Waals surface area contributed by atoms with Crippen LogP contribution in [0.4, 0.5) is 17.6 Å². The largest absolute Gasteiger partial charge is 0.459 e. The summed E-state index contributed by atoms with van der Waals surface area (Å²) in [6.45, 7) is -0.00698. The molecule has 0 spiro atoms. The molecule has 1 aromatic carbocycles. The summed E-state index contributed by atoms with van der Waals surface area (Å²) in [6.07, 6.45) is -4.47. The van der Waals surface area contributed by atoms with Gasteiger partial charge in [0.05, 0.1) is 0 Å². The predicted octanol–water partition coefficient (Wildman–Crippen LogP) is 4.17. The van der Waals surface area contributed by atoms with Crippen LogP contribution in [-0.2, 0) is 14.3 Å². The van der Waals surface area contributed by atoms with Gasteiger partial charge in [0, 0.05) is 17.9 Å². The van der Waals surface area contributed by atoms with E-state index >= 15 is 0 Å². The van der Waals surface area contributed by atoms with E-state index in [0.29, 0.717) is 16.3 Å². The topological polar surface area (TPSA) is 52.6 Å². The monoisotopic (exact) mass is 370 g/mol. The van der Waals surface area contributed by atoms with Crippen molar-refractivity contribution in [3.05, 3.63) is 28.8 Å². The minimum Gasteiger partial charge on any atom is -0.459 e. The number of hydrogen-bond donors (Lipinski definition) is 0. The Balaban J connectivity index is 2.31. The Morgan fingerprint density at radius 3 is 2.42 bits per heavy atom. The van der Waals surface area contributed by atoms with E-state index in [2.05, 4.69) is 4.74 Å². The predicted molar refractivity (Wildman–Crippen MR) is 77.6 cm³/mol. The molecule has 0 heterocycles. The Morgan fingerprint density at radius 1 is 1.21 bits per heavy atom. The molecule has 0 aliphatic carbocycles. The van der Waals surface area contributed by atoms with Gasteiger partial charge in [0.2, 0.25) is 0 Å². The van der Waals surface area contributed by atoms with Gasteiger partial charge in [0.15, 0.2) is 6.61 Å². The number of rotatable bonds is 8. The van der Waals surface area contributed by atoms with Crippen LogP contribution >= 0.6 is 11.6 Å². The molecule has 24 heavy (non-hydrogen) atoms. The minimum atomic E-state index is -4.39. The summed E-state index contributed by atoms with van der Waals surface area (Å²) in [5.74, 6) is -5.80. The minimum absolute atomic E-state index is 0.0233. The smallest absolute Gasteiger partial charge is 0.340 e. The molecule has 0 bridgehead atoms. The van der Waals surface area contributed by atoms with Crippen molar-refractivity contribution in [3.63, 3.8) is 0 Å². The van der Waals surface area contributed by atoms with Crippen molar-refractivity contribution in [2.75, 3.05) is 6.61 Å². The summed E-state index contributed by atoms with van der Waals surface area (Å²) in [6, 6.07) is 4.65. The lowest BCUT2D eigenvalue weighted by Crippen LogP contribution is -2.33. The SMILES string of the molecule is Cc1cc(Cl)ccc1OC(=O)CCCC(=O)OCC(F)(F)C(F)F. The van der Waals surface area contributed by atoms with Gasteiger partial charge in [-0.15, -0.1) is 0 Å². The normalized spacial score (nSPS) is 11.5. The van der Waals surface area contributed by atoms with Crippen molar-refractivity contribution in [3.8, 4) is 5.75 Å². The van der Waals surface area contributed by atoms with Gasteiger partial charge < -0.3 is 9.47 Å². The van der Waals surface area contributed by atoms with Gasteiger partial charge in [0.1, 0.15) is 5.75 Å². The number of aryl methyl sites for hydroxylation is 1. The van der Waals surface area contributed by atoms with Crippen molar-refractivity contribution in [2.24, 2.45) is 0 Å². The highest BCUT2D eigenvalue weighted by Gasteiger charge is 2.42. The van der Waals surface area contributed by atoms with Crippen LogP contribution in [-0.4, -0.2) is 30.9 Å².